The molecule has 0 bridgehead atoms. The summed E-state index contributed by atoms with van der Waals surface area (Å²) < 4.78 is 7.83. The van der Waals surface area contributed by atoms with Gasteiger partial charge in [0.25, 0.3) is 0 Å². The number of nitrogens with zero attached hydrogens (tertiary/aromatic N) is 1. The second-order valence-corrected chi connectivity index (χ2v) is 4.87. The van der Waals surface area contributed by atoms with Gasteiger partial charge in [-0.25, -0.2) is 4.79 Å². The number of allylic oxidation sites excluding steroid dienone is 1. The van der Waals surface area contributed by atoms with E-state index in [1.54, 1.807) is 6.92 Å². The van der Waals surface area contributed by atoms with Gasteiger partial charge in [0.1, 0.15) is 0 Å². The summed E-state index contributed by atoms with van der Waals surface area (Å²) in [6, 6.07) is 8.13. The Kier molecular flexibility index (Phi) is 3.87. The number of rotatable bonds is 3. The Morgan fingerprint density at radius 3 is 2.94 bits per heavy atom. The van der Waals surface area contributed by atoms with Crippen LogP contribution in [0.25, 0.3) is 10.9 Å². The number of esters is 1. The van der Waals surface area contributed by atoms with Crippen LogP contribution < -0.4 is 0 Å². The highest BCUT2D eigenvalue weighted by Crippen LogP contribution is 2.24. The van der Waals surface area contributed by atoms with Crippen LogP contribution in [-0.4, -0.2) is 17.6 Å². The van der Waals surface area contributed by atoms with Crippen LogP contribution in [0, 0.1) is 0 Å². The first-order valence-corrected chi connectivity index (χ1v) is 6.41. The van der Waals surface area contributed by atoms with E-state index in [2.05, 4.69) is 37.4 Å². The lowest BCUT2D eigenvalue weighted by atomic mass is 10.2. The van der Waals surface area contributed by atoms with E-state index in [-0.39, 0.29) is 5.97 Å². The van der Waals surface area contributed by atoms with Gasteiger partial charge in [-0.15, -0.1) is 0 Å². The normalized spacial score (nSPS) is 11.8. The Labute approximate surface area is 114 Å². The van der Waals surface area contributed by atoms with Gasteiger partial charge in [0.05, 0.1) is 7.11 Å². The van der Waals surface area contributed by atoms with E-state index < -0.39 is 0 Å². The van der Waals surface area contributed by atoms with Crippen LogP contribution in [0.3, 0.4) is 0 Å². The number of carbonyl (C=O) groups is 1. The molecule has 0 spiro atoms. The topological polar surface area (TPSA) is 31.2 Å². The molecule has 18 heavy (non-hydrogen) atoms. The van der Waals surface area contributed by atoms with E-state index in [0.29, 0.717) is 12.1 Å². The minimum absolute atomic E-state index is 0.285. The Bertz CT molecular complexity index is 613. The SMILES string of the molecule is COC(=O)/C(C)=C/Cn1ccc2c(Br)cccc21. The summed E-state index contributed by atoms with van der Waals surface area (Å²) in [4.78, 5) is 11.3. The predicted octanol–water partition coefficient (Wildman–Crippen LogP) is 3.52. The summed E-state index contributed by atoms with van der Waals surface area (Å²) in [7, 11) is 1.39. The van der Waals surface area contributed by atoms with Gasteiger partial charge in [-0.2, -0.15) is 0 Å². The standard InChI is InChI=1S/C14H14BrNO2/c1-10(14(17)18-2)6-8-16-9-7-11-12(15)4-3-5-13(11)16/h3-7,9H,8H2,1-2H3/b10-6+. The summed E-state index contributed by atoms with van der Waals surface area (Å²) in [5.41, 5.74) is 1.76. The van der Waals surface area contributed by atoms with Crippen molar-refractivity contribution in [2.75, 3.05) is 7.11 Å². The zero-order valence-electron chi connectivity index (χ0n) is 10.3. The molecule has 0 saturated carbocycles. The molecular weight excluding hydrogens is 294 g/mol. The van der Waals surface area contributed by atoms with Gasteiger partial charge < -0.3 is 9.30 Å². The Morgan fingerprint density at radius 2 is 2.22 bits per heavy atom. The number of hydrogen-bond acceptors (Lipinski definition) is 2. The van der Waals surface area contributed by atoms with Gasteiger partial charge in [-0.05, 0) is 25.1 Å². The molecule has 0 unspecified atom stereocenters. The highest BCUT2D eigenvalue weighted by molar-refractivity contribution is 9.10. The maximum absolute atomic E-state index is 11.3. The number of carbonyl (C=O) groups excluding carboxylic acids is 1. The van der Waals surface area contributed by atoms with Crippen LogP contribution in [-0.2, 0) is 16.1 Å². The molecule has 0 saturated heterocycles. The number of fused-ring (bicyclic) bond motifs is 1. The van der Waals surface area contributed by atoms with Crippen LogP contribution in [0.2, 0.25) is 0 Å². The van der Waals surface area contributed by atoms with Gasteiger partial charge in [0, 0.05) is 33.7 Å². The molecule has 3 nitrogen and oxygen atoms in total. The Hall–Kier alpha value is -1.55. The molecule has 2 rings (SSSR count). The van der Waals surface area contributed by atoms with Crippen molar-refractivity contribution >= 4 is 32.8 Å². The smallest absolute Gasteiger partial charge is 0.333 e. The van der Waals surface area contributed by atoms with Crippen molar-refractivity contribution in [2.24, 2.45) is 0 Å². The minimum Gasteiger partial charge on any atom is -0.466 e. The van der Waals surface area contributed by atoms with Crippen molar-refractivity contribution in [3.05, 3.63) is 46.6 Å². The van der Waals surface area contributed by atoms with Crippen LogP contribution in [0.5, 0.6) is 0 Å². The third-order valence-corrected chi connectivity index (χ3v) is 3.55. The molecule has 0 aliphatic heterocycles. The van der Waals surface area contributed by atoms with Gasteiger partial charge in [-0.1, -0.05) is 28.1 Å². The van der Waals surface area contributed by atoms with Crippen molar-refractivity contribution in [1.29, 1.82) is 0 Å². The van der Waals surface area contributed by atoms with E-state index in [9.17, 15) is 4.79 Å². The Morgan fingerprint density at radius 1 is 1.44 bits per heavy atom. The van der Waals surface area contributed by atoms with Gasteiger partial charge in [-0.3, -0.25) is 0 Å². The molecule has 2 aromatic rings. The first-order chi connectivity index (χ1) is 8.63. The average Bonchev–Trinajstić information content (AvgIpc) is 2.79. The van der Waals surface area contributed by atoms with E-state index >= 15 is 0 Å². The largest absolute Gasteiger partial charge is 0.466 e. The fourth-order valence-electron chi connectivity index (χ4n) is 1.82. The summed E-state index contributed by atoms with van der Waals surface area (Å²) in [6.45, 7) is 2.41. The second-order valence-electron chi connectivity index (χ2n) is 4.02. The zero-order valence-corrected chi connectivity index (χ0v) is 11.9. The predicted molar refractivity (Wildman–Crippen MR) is 75.4 cm³/mol. The number of methoxy groups -OCH3 is 1. The third kappa shape index (κ3) is 2.48. The van der Waals surface area contributed by atoms with E-state index in [4.69, 9.17) is 0 Å². The van der Waals surface area contributed by atoms with Crippen LogP contribution >= 0.6 is 15.9 Å². The molecular formula is C14H14BrNO2. The van der Waals surface area contributed by atoms with Crippen molar-refractivity contribution in [3.8, 4) is 0 Å². The third-order valence-electron chi connectivity index (χ3n) is 2.86. The first kappa shape index (κ1) is 12.9. The number of hydrogen-bond donors (Lipinski definition) is 0. The molecule has 0 N–H and O–H groups in total. The molecule has 1 heterocycles. The Balaban J connectivity index is 2.28. The van der Waals surface area contributed by atoms with E-state index in [1.165, 1.54) is 12.5 Å². The molecule has 0 atom stereocenters. The number of benzene rings is 1. The molecule has 0 fully saturated rings. The minimum atomic E-state index is -0.285. The van der Waals surface area contributed by atoms with Gasteiger partial charge in [0.15, 0.2) is 0 Å². The molecule has 0 radical (unpaired) electrons. The highest BCUT2D eigenvalue weighted by atomic mass is 79.9. The molecule has 4 heteroatoms. The zero-order chi connectivity index (χ0) is 13.1. The van der Waals surface area contributed by atoms with E-state index in [1.807, 2.05) is 24.4 Å². The summed E-state index contributed by atoms with van der Waals surface area (Å²) in [5.74, 6) is -0.285. The molecule has 1 aromatic heterocycles. The number of halogens is 1. The lowest BCUT2D eigenvalue weighted by Crippen LogP contribution is -2.03. The maximum atomic E-state index is 11.3. The lowest BCUT2D eigenvalue weighted by Gasteiger charge is -2.03. The van der Waals surface area contributed by atoms with Crippen molar-refractivity contribution < 1.29 is 9.53 Å². The fourth-order valence-corrected chi connectivity index (χ4v) is 2.31. The molecule has 1 aromatic carbocycles. The van der Waals surface area contributed by atoms with Crippen molar-refractivity contribution in [2.45, 2.75) is 13.5 Å². The quantitative estimate of drug-likeness (QED) is 0.642. The first-order valence-electron chi connectivity index (χ1n) is 5.62. The van der Waals surface area contributed by atoms with Crippen molar-refractivity contribution in [1.82, 2.24) is 4.57 Å². The molecule has 0 aliphatic rings. The van der Waals surface area contributed by atoms with Crippen molar-refractivity contribution in [3.63, 3.8) is 0 Å². The number of aromatic nitrogens is 1. The average molecular weight is 308 g/mol. The van der Waals surface area contributed by atoms with Crippen LogP contribution in [0.15, 0.2) is 46.6 Å². The monoisotopic (exact) mass is 307 g/mol. The van der Waals surface area contributed by atoms with Crippen LogP contribution in [0.4, 0.5) is 0 Å². The van der Waals surface area contributed by atoms with E-state index in [0.717, 1.165) is 9.99 Å². The lowest BCUT2D eigenvalue weighted by molar-refractivity contribution is -0.136. The van der Waals surface area contributed by atoms with Gasteiger partial charge >= 0.3 is 5.97 Å². The molecule has 0 aliphatic carbocycles. The summed E-state index contributed by atoms with van der Waals surface area (Å²) >= 11 is 3.52. The molecule has 0 amide bonds. The summed E-state index contributed by atoms with van der Waals surface area (Å²) in [6.07, 6.45) is 3.88. The highest BCUT2D eigenvalue weighted by Gasteiger charge is 2.05. The molecule has 94 valence electrons. The maximum Gasteiger partial charge on any atom is 0.333 e. The second kappa shape index (κ2) is 5.40. The summed E-state index contributed by atoms with van der Waals surface area (Å²) in [5, 5.41) is 1.17. The fraction of sp³-hybridized carbons (Fsp3) is 0.214. The van der Waals surface area contributed by atoms with Gasteiger partial charge in [0.2, 0.25) is 0 Å². The number of ether oxygens (including phenoxy) is 1. The van der Waals surface area contributed by atoms with Crippen LogP contribution in [0.1, 0.15) is 6.92 Å².